The maximum atomic E-state index is 12.5. The number of carbonyl (C=O) groups is 1. The molecule has 0 spiro atoms. The minimum absolute atomic E-state index is 0.0553. The fourth-order valence-electron chi connectivity index (χ4n) is 3.10. The van der Waals surface area contributed by atoms with Crippen LogP contribution in [0.2, 0.25) is 5.02 Å². The number of amides is 1. The molecule has 0 bridgehead atoms. The first kappa shape index (κ1) is 19.5. The Morgan fingerprint density at radius 2 is 2.19 bits per heavy atom. The first-order valence-corrected chi connectivity index (χ1v) is 9.26. The second-order valence-corrected chi connectivity index (χ2v) is 6.84. The lowest BCUT2D eigenvalue weighted by Gasteiger charge is -2.23. The van der Waals surface area contributed by atoms with Crippen LogP contribution in [0.4, 0.5) is 5.69 Å². The quantitative estimate of drug-likeness (QED) is 0.760. The van der Waals surface area contributed by atoms with Gasteiger partial charge in [0.15, 0.2) is 13.3 Å². The number of hydrogen-bond acceptors (Lipinski definition) is 4. The van der Waals surface area contributed by atoms with Gasteiger partial charge in [-0.2, -0.15) is 0 Å². The number of likely N-dealkylation sites (N-methyl/N-ethyl adjacent to an activating group) is 1. The SMILES string of the molecule is CC[NH+](CC(=O)Nc1cccc(OC)c1)Cc1cc(Cl)cc2c1OCOC2. The monoisotopic (exact) mass is 391 g/mol. The highest BCUT2D eigenvalue weighted by molar-refractivity contribution is 6.30. The van der Waals surface area contributed by atoms with E-state index in [1.807, 2.05) is 30.3 Å². The number of benzene rings is 2. The predicted octanol–water partition coefficient (Wildman–Crippen LogP) is 2.26. The van der Waals surface area contributed by atoms with E-state index >= 15 is 0 Å². The van der Waals surface area contributed by atoms with Crippen LogP contribution in [0.25, 0.3) is 0 Å². The second kappa shape index (κ2) is 9.08. The van der Waals surface area contributed by atoms with Crippen LogP contribution in [0.5, 0.6) is 11.5 Å². The van der Waals surface area contributed by atoms with Gasteiger partial charge in [0.2, 0.25) is 0 Å². The standard InChI is InChI=1S/C20H23ClN2O4/c1-3-23(11-19(24)22-17-5-4-6-18(9-17)25-2)10-14-7-16(21)8-15-12-26-13-27-20(14)15/h4-9H,3,10-13H2,1-2H3,(H,22,24)/p+1. The van der Waals surface area contributed by atoms with Gasteiger partial charge in [-0.05, 0) is 31.2 Å². The van der Waals surface area contributed by atoms with Gasteiger partial charge in [-0.1, -0.05) is 17.7 Å². The molecule has 1 unspecified atom stereocenters. The normalized spacial score (nSPS) is 14.0. The molecule has 0 fully saturated rings. The Morgan fingerprint density at radius 3 is 2.96 bits per heavy atom. The number of hydrogen-bond donors (Lipinski definition) is 2. The van der Waals surface area contributed by atoms with Crippen molar-refractivity contribution in [1.29, 1.82) is 0 Å². The van der Waals surface area contributed by atoms with Crippen molar-refractivity contribution in [2.45, 2.75) is 20.1 Å². The molecular formula is C20H24ClN2O4+. The zero-order chi connectivity index (χ0) is 19.2. The lowest BCUT2D eigenvalue weighted by Crippen LogP contribution is -3.11. The molecule has 0 aromatic heterocycles. The van der Waals surface area contributed by atoms with Gasteiger partial charge in [0.05, 0.1) is 25.8 Å². The van der Waals surface area contributed by atoms with Crippen LogP contribution < -0.4 is 19.7 Å². The molecule has 3 rings (SSSR count). The van der Waals surface area contributed by atoms with Crippen LogP contribution in [0, 0.1) is 0 Å². The number of fused-ring (bicyclic) bond motifs is 1. The first-order chi connectivity index (χ1) is 13.1. The summed E-state index contributed by atoms with van der Waals surface area (Å²) < 4.78 is 16.2. The van der Waals surface area contributed by atoms with Crippen LogP contribution in [0.15, 0.2) is 36.4 Å². The van der Waals surface area contributed by atoms with Crippen molar-refractivity contribution < 1.29 is 23.9 Å². The Kier molecular flexibility index (Phi) is 6.55. The van der Waals surface area contributed by atoms with Gasteiger partial charge in [-0.25, -0.2) is 0 Å². The molecule has 6 nitrogen and oxygen atoms in total. The van der Waals surface area contributed by atoms with Crippen molar-refractivity contribution in [2.75, 3.05) is 32.3 Å². The molecule has 0 radical (unpaired) electrons. The molecule has 1 heterocycles. The molecule has 1 aliphatic rings. The summed E-state index contributed by atoms with van der Waals surface area (Å²) in [5, 5.41) is 3.57. The van der Waals surface area contributed by atoms with E-state index in [0.717, 1.165) is 34.0 Å². The zero-order valence-corrected chi connectivity index (χ0v) is 16.3. The molecule has 7 heteroatoms. The van der Waals surface area contributed by atoms with Crippen LogP contribution in [0.1, 0.15) is 18.1 Å². The number of anilines is 1. The number of carbonyl (C=O) groups excluding carboxylic acids is 1. The molecule has 0 saturated carbocycles. The van der Waals surface area contributed by atoms with E-state index in [0.29, 0.717) is 30.5 Å². The van der Waals surface area contributed by atoms with E-state index in [9.17, 15) is 4.79 Å². The fourth-order valence-corrected chi connectivity index (χ4v) is 3.37. The van der Waals surface area contributed by atoms with Gasteiger partial charge in [-0.3, -0.25) is 4.79 Å². The average molecular weight is 392 g/mol. The maximum Gasteiger partial charge on any atom is 0.279 e. The van der Waals surface area contributed by atoms with Crippen LogP contribution >= 0.6 is 11.6 Å². The number of rotatable bonds is 7. The molecule has 1 atom stereocenters. The smallest absolute Gasteiger partial charge is 0.279 e. The van der Waals surface area contributed by atoms with Crippen molar-refractivity contribution in [3.8, 4) is 11.5 Å². The molecule has 1 amide bonds. The van der Waals surface area contributed by atoms with Gasteiger partial charge in [0.25, 0.3) is 5.91 Å². The third-order valence-electron chi connectivity index (χ3n) is 4.46. The molecule has 2 N–H and O–H groups in total. The molecule has 2 aromatic rings. The van der Waals surface area contributed by atoms with Crippen molar-refractivity contribution in [2.24, 2.45) is 0 Å². The van der Waals surface area contributed by atoms with E-state index in [4.69, 9.17) is 25.8 Å². The van der Waals surface area contributed by atoms with E-state index < -0.39 is 0 Å². The largest absolute Gasteiger partial charge is 0.497 e. The minimum Gasteiger partial charge on any atom is -0.497 e. The van der Waals surface area contributed by atoms with Crippen LogP contribution in [0.3, 0.4) is 0 Å². The van der Waals surface area contributed by atoms with Crippen molar-refractivity contribution in [3.05, 3.63) is 52.5 Å². The molecular weight excluding hydrogens is 368 g/mol. The van der Waals surface area contributed by atoms with Gasteiger partial charge in [-0.15, -0.1) is 0 Å². The highest BCUT2D eigenvalue weighted by Gasteiger charge is 2.21. The van der Waals surface area contributed by atoms with Gasteiger partial charge in [0.1, 0.15) is 18.0 Å². The summed E-state index contributed by atoms with van der Waals surface area (Å²) in [5.74, 6) is 1.47. The number of halogens is 1. The van der Waals surface area contributed by atoms with E-state index in [2.05, 4.69) is 12.2 Å². The Hall–Kier alpha value is -2.28. The zero-order valence-electron chi connectivity index (χ0n) is 15.5. The fraction of sp³-hybridized carbons (Fsp3) is 0.350. The minimum atomic E-state index is -0.0553. The lowest BCUT2D eigenvalue weighted by molar-refractivity contribution is -0.903. The molecule has 0 saturated heterocycles. The topological polar surface area (TPSA) is 61.2 Å². The number of ether oxygens (including phenoxy) is 3. The molecule has 1 aliphatic heterocycles. The molecule has 0 aliphatic carbocycles. The first-order valence-electron chi connectivity index (χ1n) is 8.88. The summed E-state index contributed by atoms with van der Waals surface area (Å²) >= 11 is 6.24. The third kappa shape index (κ3) is 5.13. The van der Waals surface area contributed by atoms with E-state index in [1.165, 1.54) is 0 Å². The van der Waals surface area contributed by atoms with Gasteiger partial charge in [0, 0.05) is 22.3 Å². The maximum absolute atomic E-state index is 12.5. The van der Waals surface area contributed by atoms with Gasteiger partial charge >= 0.3 is 0 Å². The summed E-state index contributed by atoms with van der Waals surface area (Å²) in [7, 11) is 1.60. The number of quaternary nitrogens is 1. The van der Waals surface area contributed by atoms with Crippen molar-refractivity contribution >= 4 is 23.2 Å². The average Bonchev–Trinajstić information content (AvgIpc) is 2.67. The Labute approximate surface area is 164 Å². The molecule has 27 heavy (non-hydrogen) atoms. The molecule has 2 aromatic carbocycles. The number of methoxy groups -OCH3 is 1. The Bertz CT molecular complexity index is 813. The molecule has 144 valence electrons. The highest BCUT2D eigenvalue weighted by Crippen LogP contribution is 2.31. The second-order valence-electron chi connectivity index (χ2n) is 6.40. The summed E-state index contributed by atoms with van der Waals surface area (Å²) in [6.07, 6.45) is 0. The Morgan fingerprint density at radius 1 is 1.33 bits per heavy atom. The number of nitrogens with one attached hydrogen (secondary N) is 2. The van der Waals surface area contributed by atoms with E-state index in [-0.39, 0.29) is 12.7 Å². The van der Waals surface area contributed by atoms with Crippen LogP contribution in [-0.2, 0) is 22.7 Å². The summed E-state index contributed by atoms with van der Waals surface area (Å²) in [5.41, 5.74) is 2.65. The summed E-state index contributed by atoms with van der Waals surface area (Å²) in [4.78, 5) is 13.6. The van der Waals surface area contributed by atoms with Crippen molar-refractivity contribution in [1.82, 2.24) is 0 Å². The summed E-state index contributed by atoms with van der Waals surface area (Å²) in [6.45, 7) is 4.55. The Balaban J connectivity index is 1.67. The third-order valence-corrected chi connectivity index (χ3v) is 4.67. The summed E-state index contributed by atoms with van der Waals surface area (Å²) in [6, 6.07) is 11.1. The van der Waals surface area contributed by atoms with Crippen LogP contribution in [-0.4, -0.2) is 32.9 Å². The highest BCUT2D eigenvalue weighted by atomic mass is 35.5. The van der Waals surface area contributed by atoms with Crippen molar-refractivity contribution in [3.63, 3.8) is 0 Å². The van der Waals surface area contributed by atoms with E-state index in [1.54, 1.807) is 13.2 Å². The van der Waals surface area contributed by atoms with Gasteiger partial charge < -0.3 is 24.4 Å². The predicted molar refractivity (Wildman–Crippen MR) is 103 cm³/mol. The lowest BCUT2D eigenvalue weighted by atomic mass is 10.1.